The van der Waals surface area contributed by atoms with Crippen molar-refractivity contribution in [3.63, 3.8) is 0 Å². The molecular formula is C33H41N5O6. The predicted molar refractivity (Wildman–Crippen MR) is 173 cm³/mol. The van der Waals surface area contributed by atoms with E-state index >= 15 is 0 Å². The summed E-state index contributed by atoms with van der Waals surface area (Å²) in [7, 11) is 11.7. The van der Waals surface area contributed by atoms with Gasteiger partial charge in [0.1, 0.15) is 0 Å². The smallest absolute Gasteiger partial charge is 0.203 e. The molecule has 0 fully saturated rings. The maximum absolute atomic E-state index is 5.47. The first-order valence-electron chi connectivity index (χ1n) is 14.1. The Labute approximate surface area is 259 Å². The van der Waals surface area contributed by atoms with E-state index in [-0.39, 0.29) is 0 Å². The average molecular weight is 604 g/mol. The standard InChI is InChI=1S/C33H41N5O6/c1-38(14-12-34-24-8-10-26(36-20-24)22-16-28(39-2)32(43-6)29(17-22)40-3)15-13-35-25-9-11-27(37-21-25)23-18-30(41-4)33(44-7)31(19-23)42-5/h8-11,16-21,34-35H,12-15H2,1-7H3. The number of hydrogen-bond donors (Lipinski definition) is 2. The number of likely N-dealkylation sites (N-methyl/N-ethyl adjacent to an activating group) is 1. The third-order valence-electron chi connectivity index (χ3n) is 7.09. The van der Waals surface area contributed by atoms with Crippen LogP contribution in [0.25, 0.3) is 22.5 Å². The molecular weight excluding hydrogens is 562 g/mol. The van der Waals surface area contributed by atoms with Gasteiger partial charge in [0.15, 0.2) is 23.0 Å². The number of methoxy groups -OCH3 is 6. The van der Waals surface area contributed by atoms with Crippen LogP contribution in [0.3, 0.4) is 0 Å². The fourth-order valence-corrected chi connectivity index (χ4v) is 4.69. The quantitative estimate of drug-likeness (QED) is 0.174. The second-order valence-electron chi connectivity index (χ2n) is 9.85. The van der Waals surface area contributed by atoms with Gasteiger partial charge in [0.2, 0.25) is 11.5 Å². The fraction of sp³-hybridized carbons (Fsp3) is 0.333. The summed E-state index contributed by atoms with van der Waals surface area (Å²) in [6.07, 6.45) is 3.66. The maximum Gasteiger partial charge on any atom is 0.203 e. The lowest BCUT2D eigenvalue weighted by molar-refractivity contribution is 0.324. The van der Waals surface area contributed by atoms with Crippen molar-refractivity contribution in [3.8, 4) is 57.0 Å². The molecule has 2 heterocycles. The maximum atomic E-state index is 5.47. The Kier molecular flexibility index (Phi) is 11.3. The summed E-state index contributed by atoms with van der Waals surface area (Å²) in [5.41, 5.74) is 5.28. The Balaban J connectivity index is 1.23. The molecule has 0 atom stereocenters. The van der Waals surface area contributed by atoms with Gasteiger partial charge in [0, 0.05) is 37.3 Å². The number of pyridine rings is 2. The van der Waals surface area contributed by atoms with Gasteiger partial charge in [0.05, 0.1) is 77.8 Å². The highest BCUT2D eigenvalue weighted by molar-refractivity contribution is 5.70. The van der Waals surface area contributed by atoms with Crippen LogP contribution >= 0.6 is 0 Å². The SMILES string of the molecule is COc1cc(-c2ccc(NCCN(C)CCNc3ccc(-c4cc(OC)c(OC)c(OC)c4)nc3)cn2)cc(OC)c1OC. The van der Waals surface area contributed by atoms with Crippen LogP contribution in [0.2, 0.25) is 0 Å². The van der Waals surface area contributed by atoms with Crippen molar-refractivity contribution in [1.29, 1.82) is 0 Å². The number of rotatable bonds is 16. The molecule has 0 radical (unpaired) electrons. The molecule has 234 valence electrons. The molecule has 0 aliphatic carbocycles. The van der Waals surface area contributed by atoms with E-state index in [1.807, 2.05) is 60.9 Å². The lowest BCUT2D eigenvalue weighted by Gasteiger charge is -2.18. The summed E-state index contributed by atoms with van der Waals surface area (Å²) in [5, 5.41) is 6.88. The molecule has 2 aromatic carbocycles. The van der Waals surface area contributed by atoms with Crippen molar-refractivity contribution in [2.75, 3.05) is 86.5 Å². The Hall–Kier alpha value is -4.90. The molecule has 44 heavy (non-hydrogen) atoms. The van der Waals surface area contributed by atoms with Crippen LogP contribution in [0.15, 0.2) is 60.9 Å². The first-order valence-corrected chi connectivity index (χ1v) is 14.1. The van der Waals surface area contributed by atoms with E-state index in [0.29, 0.717) is 34.5 Å². The Morgan fingerprint density at radius 1 is 0.545 bits per heavy atom. The van der Waals surface area contributed by atoms with Gasteiger partial charge in [-0.25, -0.2) is 0 Å². The molecule has 0 aliphatic heterocycles. The Bertz CT molecular complexity index is 1340. The summed E-state index contributed by atoms with van der Waals surface area (Å²) < 4.78 is 32.7. The third-order valence-corrected chi connectivity index (χ3v) is 7.09. The predicted octanol–water partition coefficient (Wildman–Crippen LogP) is 5.32. The highest BCUT2D eigenvalue weighted by Gasteiger charge is 2.16. The number of benzene rings is 2. The number of nitrogens with zero attached hydrogens (tertiary/aromatic N) is 3. The van der Waals surface area contributed by atoms with Crippen molar-refractivity contribution in [2.45, 2.75) is 0 Å². The van der Waals surface area contributed by atoms with Crippen molar-refractivity contribution in [2.24, 2.45) is 0 Å². The Morgan fingerprint density at radius 3 is 1.18 bits per heavy atom. The van der Waals surface area contributed by atoms with E-state index in [4.69, 9.17) is 28.4 Å². The molecule has 11 nitrogen and oxygen atoms in total. The zero-order chi connectivity index (χ0) is 31.5. The highest BCUT2D eigenvalue weighted by Crippen LogP contribution is 2.42. The van der Waals surface area contributed by atoms with Gasteiger partial charge in [-0.3, -0.25) is 9.97 Å². The van der Waals surface area contributed by atoms with Gasteiger partial charge in [-0.15, -0.1) is 0 Å². The van der Waals surface area contributed by atoms with Crippen LogP contribution in [-0.4, -0.2) is 90.8 Å². The molecule has 11 heteroatoms. The minimum absolute atomic E-state index is 0.554. The molecule has 0 saturated heterocycles. The third kappa shape index (κ3) is 7.73. The molecule has 2 N–H and O–H groups in total. The number of ether oxygens (including phenoxy) is 6. The van der Waals surface area contributed by atoms with E-state index in [1.54, 1.807) is 42.7 Å². The van der Waals surface area contributed by atoms with Crippen LogP contribution in [0.5, 0.6) is 34.5 Å². The number of aromatic nitrogens is 2. The molecule has 2 aromatic heterocycles. The van der Waals surface area contributed by atoms with Gasteiger partial charge < -0.3 is 44.0 Å². The topological polar surface area (TPSA) is 108 Å². The monoisotopic (exact) mass is 603 g/mol. The molecule has 0 bridgehead atoms. The van der Waals surface area contributed by atoms with E-state index in [9.17, 15) is 0 Å². The van der Waals surface area contributed by atoms with Crippen molar-refractivity contribution in [1.82, 2.24) is 14.9 Å². The molecule has 0 aliphatic rings. The van der Waals surface area contributed by atoms with Crippen molar-refractivity contribution < 1.29 is 28.4 Å². The van der Waals surface area contributed by atoms with Gasteiger partial charge >= 0.3 is 0 Å². The van der Waals surface area contributed by atoms with Gasteiger partial charge in [-0.2, -0.15) is 0 Å². The van der Waals surface area contributed by atoms with Crippen LogP contribution in [-0.2, 0) is 0 Å². The summed E-state index contributed by atoms with van der Waals surface area (Å²) >= 11 is 0. The van der Waals surface area contributed by atoms with Crippen LogP contribution < -0.4 is 39.1 Å². The molecule has 4 aromatic rings. The number of anilines is 2. The molecule has 0 unspecified atom stereocenters. The normalized spacial score (nSPS) is 10.7. The Morgan fingerprint density at radius 2 is 0.909 bits per heavy atom. The minimum atomic E-state index is 0.554. The van der Waals surface area contributed by atoms with Gasteiger partial charge in [0.25, 0.3) is 0 Å². The zero-order valence-electron chi connectivity index (χ0n) is 26.4. The van der Waals surface area contributed by atoms with Gasteiger partial charge in [-0.05, 0) is 55.6 Å². The second-order valence-corrected chi connectivity index (χ2v) is 9.85. The number of hydrogen-bond acceptors (Lipinski definition) is 11. The largest absolute Gasteiger partial charge is 0.493 e. The first kappa shape index (κ1) is 32.0. The van der Waals surface area contributed by atoms with E-state index in [2.05, 4.69) is 32.5 Å². The van der Waals surface area contributed by atoms with Crippen molar-refractivity contribution in [3.05, 3.63) is 60.9 Å². The van der Waals surface area contributed by atoms with Crippen LogP contribution in [0, 0.1) is 0 Å². The molecule has 0 amide bonds. The lowest BCUT2D eigenvalue weighted by atomic mass is 10.1. The van der Waals surface area contributed by atoms with Crippen molar-refractivity contribution >= 4 is 11.4 Å². The summed E-state index contributed by atoms with van der Waals surface area (Å²) in [6, 6.07) is 15.5. The highest BCUT2D eigenvalue weighted by atomic mass is 16.5. The zero-order valence-corrected chi connectivity index (χ0v) is 26.4. The minimum Gasteiger partial charge on any atom is -0.493 e. The molecule has 0 spiro atoms. The lowest BCUT2D eigenvalue weighted by Crippen LogP contribution is -2.29. The van der Waals surface area contributed by atoms with Gasteiger partial charge in [-0.1, -0.05) is 0 Å². The molecule has 4 rings (SSSR count). The van der Waals surface area contributed by atoms with E-state index < -0.39 is 0 Å². The summed E-state index contributed by atoms with van der Waals surface area (Å²) in [4.78, 5) is 11.5. The number of nitrogens with one attached hydrogen (secondary N) is 2. The second kappa shape index (κ2) is 15.5. The van der Waals surface area contributed by atoms with Crippen LogP contribution in [0.4, 0.5) is 11.4 Å². The summed E-state index contributed by atoms with van der Waals surface area (Å²) in [5.74, 6) is 3.47. The van der Waals surface area contributed by atoms with Crippen LogP contribution in [0.1, 0.15) is 0 Å². The fourth-order valence-electron chi connectivity index (χ4n) is 4.69. The summed E-state index contributed by atoms with van der Waals surface area (Å²) in [6.45, 7) is 3.31. The van der Waals surface area contributed by atoms with E-state index in [0.717, 1.165) is 60.1 Å². The first-order chi connectivity index (χ1) is 21.4. The van der Waals surface area contributed by atoms with E-state index in [1.165, 1.54) is 0 Å². The molecule has 0 saturated carbocycles. The average Bonchev–Trinajstić information content (AvgIpc) is 3.07.